The molecule has 1 aliphatic carbocycles. The fourth-order valence-electron chi connectivity index (χ4n) is 3.51. The van der Waals surface area contributed by atoms with Crippen molar-refractivity contribution in [1.29, 1.82) is 0 Å². The second-order valence-electron chi connectivity index (χ2n) is 6.51. The van der Waals surface area contributed by atoms with Gasteiger partial charge in [0.25, 0.3) is 0 Å². The fourth-order valence-corrected chi connectivity index (χ4v) is 3.51. The van der Waals surface area contributed by atoms with Crippen molar-refractivity contribution in [3.05, 3.63) is 34.9 Å². The number of hydrogen-bond donors (Lipinski definition) is 2. The van der Waals surface area contributed by atoms with Gasteiger partial charge in [-0.15, -0.1) is 12.4 Å². The summed E-state index contributed by atoms with van der Waals surface area (Å²) in [6.45, 7) is 3.96. The van der Waals surface area contributed by atoms with E-state index in [1.807, 2.05) is 0 Å². The molecule has 0 bridgehead atoms. The van der Waals surface area contributed by atoms with Gasteiger partial charge in [-0.05, 0) is 68.7 Å². The molecule has 0 saturated carbocycles. The molecule has 2 atom stereocenters. The van der Waals surface area contributed by atoms with Gasteiger partial charge in [-0.2, -0.15) is 0 Å². The molecule has 1 saturated heterocycles. The Hall–Kier alpha value is -1.06. The average molecular weight is 323 g/mol. The Morgan fingerprint density at radius 2 is 2.00 bits per heavy atom. The van der Waals surface area contributed by atoms with Crippen molar-refractivity contribution in [3.8, 4) is 0 Å². The highest BCUT2D eigenvalue weighted by Crippen LogP contribution is 2.25. The van der Waals surface area contributed by atoms with E-state index in [0.29, 0.717) is 0 Å². The van der Waals surface area contributed by atoms with E-state index in [1.54, 1.807) is 0 Å². The monoisotopic (exact) mass is 322 g/mol. The molecule has 1 aromatic carbocycles. The number of fused-ring (bicyclic) bond motifs is 1. The summed E-state index contributed by atoms with van der Waals surface area (Å²) in [4.78, 5) is 12.3. The highest BCUT2D eigenvalue weighted by molar-refractivity contribution is 5.85. The second-order valence-corrected chi connectivity index (χ2v) is 6.51. The summed E-state index contributed by atoms with van der Waals surface area (Å²) in [6.07, 6.45) is 7.12. The lowest BCUT2D eigenvalue weighted by Gasteiger charge is -2.25. The zero-order chi connectivity index (χ0) is 14.7. The van der Waals surface area contributed by atoms with Crippen molar-refractivity contribution in [1.82, 2.24) is 10.6 Å². The highest BCUT2D eigenvalue weighted by Gasteiger charge is 2.22. The first-order chi connectivity index (χ1) is 10.2. The van der Waals surface area contributed by atoms with Gasteiger partial charge >= 0.3 is 0 Å². The maximum Gasteiger partial charge on any atom is 0.224 e. The smallest absolute Gasteiger partial charge is 0.224 e. The van der Waals surface area contributed by atoms with Gasteiger partial charge in [0.15, 0.2) is 0 Å². The van der Waals surface area contributed by atoms with Gasteiger partial charge in [-0.25, -0.2) is 0 Å². The van der Waals surface area contributed by atoms with E-state index in [2.05, 4.69) is 35.8 Å². The molecule has 122 valence electrons. The van der Waals surface area contributed by atoms with Gasteiger partial charge in [-0.3, -0.25) is 4.79 Å². The first-order valence-corrected chi connectivity index (χ1v) is 8.37. The van der Waals surface area contributed by atoms with Gasteiger partial charge in [0.2, 0.25) is 5.91 Å². The molecule has 1 unspecified atom stereocenters. The standard InChI is InChI=1S/C18H26N2O.ClH/c1-13(20-18(21)17-7-4-10-19-12-17)15-9-8-14-5-2-3-6-16(14)11-15;/h8-9,11,13,17,19H,2-7,10,12H2,1H3,(H,20,21);1H/t13?,17-;/m1./s1. The van der Waals surface area contributed by atoms with Crippen LogP contribution in [0, 0.1) is 5.92 Å². The molecule has 1 heterocycles. The number of halogens is 1. The van der Waals surface area contributed by atoms with E-state index in [9.17, 15) is 4.79 Å². The van der Waals surface area contributed by atoms with Gasteiger partial charge in [0, 0.05) is 6.54 Å². The van der Waals surface area contributed by atoms with Crippen molar-refractivity contribution in [2.45, 2.75) is 51.5 Å². The zero-order valence-corrected chi connectivity index (χ0v) is 14.2. The predicted molar refractivity (Wildman–Crippen MR) is 92.5 cm³/mol. The van der Waals surface area contributed by atoms with Crippen LogP contribution in [0.1, 0.15) is 55.3 Å². The summed E-state index contributed by atoms with van der Waals surface area (Å²) >= 11 is 0. The molecular formula is C18H27ClN2O. The molecule has 4 heteroatoms. The fraction of sp³-hybridized carbons (Fsp3) is 0.611. The van der Waals surface area contributed by atoms with E-state index in [0.717, 1.165) is 25.9 Å². The quantitative estimate of drug-likeness (QED) is 0.897. The molecule has 1 aliphatic heterocycles. The molecule has 1 aromatic rings. The number of carbonyl (C=O) groups excluding carboxylic acids is 1. The summed E-state index contributed by atoms with van der Waals surface area (Å²) in [5.74, 6) is 0.339. The number of carbonyl (C=O) groups is 1. The molecule has 0 aromatic heterocycles. The third kappa shape index (κ3) is 4.02. The minimum atomic E-state index is 0. The lowest BCUT2D eigenvalue weighted by atomic mass is 9.89. The summed E-state index contributed by atoms with van der Waals surface area (Å²) in [5.41, 5.74) is 4.23. The van der Waals surface area contributed by atoms with E-state index in [1.165, 1.54) is 42.4 Å². The van der Waals surface area contributed by atoms with Crippen molar-refractivity contribution >= 4 is 18.3 Å². The van der Waals surface area contributed by atoms with E-state index < -0.39 is 0 Å². The lowest BCUT2D eigenvalue weighted by molar-refractivity contribution is -0.126. The molecule has 22 heavy (non-hydrogen) atoms. The number of aryl methyl sites for hydroxylation is 2. The van der Waals surface area contributed by atoms with Crippen LogP contribution in [-0.2, 0) is 17.6 Å². The van der Waals surface area contributed by atoms with Gasteiger partial charge in [0.1, 0.15) is 0 Å². The van der Waals surface area contributed by atoms with Crippen LogP contribution in [0.5, 0.6) is 0 Å². The topological polar surface area (TPSA) is 41.1 Å². The number of hydrogen-bond acceptors (Lipinski definition) is 2. The number of rotatable bonds is 3. The van der Waals surface area contributed by atoms with Crippen molar-refractivity contribution in [2.24, 2.45) is 5.92 Å². The third-order valence-corrected chi connectivity index (χ3v) is 4.90. The van der Waals surface area contributed by atoms with E-state index >= 15 is 0 Å². The molecule has 0 spiro atoms. The van der Waals surface area contributed by atoms with Gasteiger partial charge in [0.05, 0.1) is 12.0 Å². The minimum absolute atomic E-state index is 0. The largest absolute Gasteiger partial charge is 0.349 e. The summed E-state index contributed by atoms with van der Waals surface area (Å²) in [5, 5.41) is 6.50. The van der Waals surface area contributed by atoms with Crippen LogP contribution in [0.3, 0.4) is 0 Å². The Kier molecular flexibility index (Phi) is 6.27. The van der Waals surface area contributed by atoms with E-state index in [4.69, 9.17) is 0 Å². The van der Waals surface area contributed by atoms with E-state index in [-0.39, 0.29) is 30.3 Å². The maximum atomic E-state index is 12.3. The number of nitrogens with one attached hydrogen (secondary N) is 2. The molecule has 1 fully saturated rings. The molecule has 2 aliphatic rings. The number of amides is 1. The number of piperidine rings is 1. The Labute approximate surface area is 139 Å². The summed E-state index contributed by atoms with van der Waals surface area (Å²) in [7, 11) is 0. The summed E-state index contributed by atoms with van der Waals surface area (Å²) in [6, 6.07) is 6.85. The maximum absolute atomic E-state index is 12.3. The van der Waals surface area contributed by atoms with Crippen molar-refractivity contribution in [3.63, 3.8) is 0 Å². The Morgan fingerprint density at radius 3 is 2.73 bits per heavy atom. The van der Waals surface area contributed by atoms with Crippen molar-refractivity contribution < 1.29 is 4.79 Å². The van der Waals surface area contributed by atoms with Gasteiger partial charge < -0.3 is 10.6 Å². The second kappa shape index (κ2) is 7.98. The summed E-state index contributed by atoms with van der Waals surface area (Å²) < 4.78 is 0. The van der Waals surface area contributed by atoms with Crippen LogP contribution in [0.15, 0.2) is 18.2 Å². The molecular weight excluding hydrogens is 296 g/mol. The zero-order valence-electron chi connectivity index (χ0n) is 13.4. The molecule has 1 amide bonds. The molecule has 3 rings (SSSR count). The van der Waals surface area contributed by atoms with Crippen LogP contribution in [0.25, 0.3) is 0 Å². The number of benzene rings is 1. The normalized spacial score (nSPS) is 22.1. The highest BCUT2D eigenvalue weighted by atomic mass is 35.5. The average Bonchev–Trinajstić information content (AvgIpc) is 2.55. The van der Waals surface area contributed by atoms with Crippen LogP contribution < -0.4 is 10.6 Å². The molecule has 3 nitrogen and oxygen atoms in total. The Balaban J connectivity index is 0.00000176. The van der Waals surface area contributed by atoms with Crippen LogP contribution in [0.4, 0.5) is 0 Å². The van der Waals surface area contributed by atoms with Gasteiger partial charge in [-0.1, -0.05) is 18.2 Å². The van der Waals surface area contributed by atoms with Crippen LogP contribution >= 0.6 is 12.4 Å². The lowest BCUT2D eigenvalue weighted by Crippen LogP contribution is -2.41. The predicted octanol–water partition coefficient (Wildman–Crippen LogP) is 3.16. The van der Waals surface area contributed by atoms with Crippen LogP contribution in [0.2, 0.25) is 0 Å². The molecule has 0 radical (unpaired) electrons. The third-order valence-electron chi connectivity index (χ3n) is 4.90. The van der Waals surface area contributed by atoms with Crippen molar-refractivity contribution in [2.75, 3.05) is 13.1 Å². The minimum Gasteiger partial charge on any atom is -0.349 e. The first kappa shape index (κ1) is 17.3. The Morgan fingerprint density at radius 1 is 1.23 bits per heavy atom. The van der Waals surface area contributed by atoms with Crippen LogP contribution in [-0.4, -0.2) is 19.0 Å². The first-order valence-electron chi connectivity index (χ1n) is 8.37. The Bertz CT molecular complexity index is 512. The molecule has 2 N–H and O–H groups in total. The SMILES string of the molecule is CC(NC(=O)[C@@H]1CCCNC1)c1ccc2c(c1)CCCC2.Cl.